The Hall–Kier alpha value is -1.02. The second-order valence-electron chi connectivity index (χ2n) is 3.55. The van der Waals surface area contributed by atoms with Crippen LogP contribution in [0.4, 0.5) is 0 Å². The van der Waals surface area contributed by atoms with Gasteiger partial charge in [0.1, 0.15) is 11.9 Å². The van der Waals surface area contributed by atoms with Gasteiger partial charge in [0.25, 0.3) is 0 Å². The van der Waals surface area contributed by atoms with Gasteiger partial charge in [-0.05, 0) is 32.0 Å². The minimum atomic E-state index is 0.364. The molecule has 0 aromatic heterocycles. The monoisotopic (exact) mass is 177 g/mol. The van der Waals surface area contributed by atoms with Gasteiger partial charge >= 0.3 is 0 Å². The molecule has 1 N–H and O–H groups in total. The normalized spacial score (nSPS) is 21.8. The first kappa shape index (κ1) is 8.57. The summed E-state index contributed by atoms with van der Waals surface area (Å²) in [4.78, 5) is 0. The number of rotatable bonds is 2. The summed E-state index contributed by atoms with van der Waals surface area (Å²) in [5, 5.41) is 3.28. The summed E-state index contributed by atoms with van der Waals surface area (Å²) in [7, 11) is 0. The second-order valence-corrected chi connectivity index (χ2v) is 3.55. The van der Waals surface area contributed by atoms with E-state index in [1.807, 2.05) is 12.1 Å². The molecule has 1 aliphatic heterocycles. The van der Waals surface area contributed by atoms with Crippen LogP contribution in [0.25, 0.3) is 0 Å². The van der Waals surface area contributed by atoms with Crippen molar-refractivity contribution in [3.63, 3.8) is 0 Å². The van der Waals surface area contributed by atoms with Crippen molar-refractivity contribution in [1.29, 1.82) is 0 Å². The van der Waals surface area contributed by atoms with Crippen LogP contribution in [0.5, 0.6) is 5.75 Å². The van der Waals surface area contributed by atoms with E-state index < -0.39 is 0 Å². The minimum Gasteiger partial charge on any atom is -0.489 e. The van der Waals surface area contributed by atoms with Crippen molar-refractivity contribution >= 4 is 0 Å². The summed E-state index contributed by atoms with van der Waals surface area (Å²) < 4.78 is 5.77. The van der Waals surface area contributed by atoms with Gasteiger partial charge in [0.15, 0.2) is 0 Å². The SMILES string of the molecule is Cc1ccc(O[C@H]2CCNC2)cc1. The third-order valence-electron chi connectivity index (χ3n) is 2.34. The maximum absolute atomic E-state index is 5.77. The molecule has 0 amide bonds. The van der Waals surface area contributed by atoms with Gasteiger partial charge < -0.3 is 10.1 Å². The van der Waals surface area contributed by atoms with Crippen molar-refractivity contribution in [3.8, 4) is 5.75 Å². The molecule has 2 heteroatoms. The van der Waals surface area contributed by atoms with Crippen LogP contribution in [0, 0.1) is 6.92 Å². The van der Waals surface area contributed by atoms with Gasteiger partial charge in [0, 0.05) is 6.54 Å². The molecule has 1 fully saturated rings. The number of nitrogens with one attached hydrogen (secondary N) is 1. The van der Waals surface area contributed by atoms with Crippen LogP contribution in [0.2, 0.25) is 0 Å². The molecule has 0 spiro atoms. The lowest BCUT2D eigenvalue weighted by Gasteiger charge is -2.12. The topological polar surface area (TPSA) is 21.3 Å². The average Bonchev–Trinajstić information content (AvgIpc) is 2.62. The van der Waals surface area contributed by atoms with Crippen molar-refractivity contribution in [2.75, 3.05) is 13.1 Å². The number of hydrogen-bond donors (Lipinski definition) is 1. The smallest absolute Gasteiger partial charge is 0.119 e. The molecule has 1 aromatic rings. The Labute approximate surface area is 78.9 Å². The van der Waals surface area contributed by atoms with Crippen LogP contribution < -0.4 is 10.1 Å². The van der Waals surface area contributed by atoms with Crippen molar-refractivity contribution in [3.05, 3.63) is 29.8 Å². The van der Waals surface area contributed by atoms with E-state index in [0.717, 1.165) is 25.3 Å². The summed E-state index contributed by atoms with van der Waals surface area (Å²) in [6.45, 7) is 4.14. The van der Waals surface area contributed by atoms with Gasteiger partial charge in [0.05, 0.1) is 0 Å². The van der Waals surface area contributed by atoms with Crippen LogP contribution >= 0.6 is 0 Å². The minimum absolute atomic E-state index is 0.364. The van der Waals surface area contributed by atoms with Crippen LogP contribution in [-0.2, 0) is 0 Å². The Morgan fingerprint density at radius 3 is 2.69 bits per heavy atom. The highest BCUT2D eigenvalue weighted by molar-refractivity contribution is 5.26. The molecular formula is C11H15NO. The second kappa shape index (κ2) is 3.79. The summed E-state index contributed by atoms with van der Waals surface area (Å²) in [5.41, 5.74) is 1.27. The Balaban J connectivity index is 1.97. The Kier molecular flexibility index (Phi) is 2.50. The van der Waals surface area contributed by atoms with Crippen molar-refractivity contribution in [2.24, 2.45) is 0 Å². The van der Waals surface area contributed by atoms with Gasteiger partial charge in [-0.25, -0.2) is 0 Å². The highest BCUT2D eigenvalue weighted by Crippen LogP contribution is 2.15. The molecule has 0 saturated carbocycles. The fourth-order valence-corrected chi connectivity index (χ4v) is 1.54. The summed E-state index contributed by atoms with van der Waals surface area (Å²) in [6, 6.07) is 8.23. The summed E-state index contributed by atoms with van der Waals surface area (Å²) >= 11 is 0. The Bertz CT molecular complexity index is 262. The van der Waals surface area contributed by atoms with Crippen LogP contribution in [0.3, 0.4) is 0 Å². The van der Waals surface area contributed by atoms with Gasteiger partial charge in [-0.2, -0.15) is 0 Å². The third kappa shape index (κ3) is 2.22. The molecule has 0 radical (unpaired) electrons. The number of hydrogen-bond acceptors (Lipinski definition) is 2. The zero-order chi connectivity index (χ0) is 9.10. The van der Waals surface area contributed by atoms with E-state index in [9.17, 15) is 0 Å². The number of benzene rings is 1. The van der Waals surface area contributed by atoms with Gasteiger partial charge in [-0.15, -0.1) is 0 Å². The predicted molar refractivity (Wildman–Crippen MR) is 53.1 cm³/mol. The molecule has 1 aromatic carbocycles. The molecule has 2 rings (SSSR count). The van der Waals surface area contributed by atoms with Crippen molar-refractivity contribution < 1.29 is 4.74 Å². The molecule has 1 heterocycles. The fraction of sp³-hybridized carbons (Fsp3) is 0.455. The fourth-order valence-electron chi connectivity index (χ4n) is 1.54. The number of ether oxygens (including phenoxy) is 1. The first-order valence-electron chi connectivity index (χ1n) is 4.78. The van der Waals surface area contributed by atoms with Crippen LogP contribution in [0.15, 0.2) is 24.3 Å². The van der Waals surface area contributed by atoms with E-state index in [0.29, 0.717) is 6.10 Å². The Morgan fingerprint density at radius 2 is 2.08 bits per heavy atom. The van der Waals surface area contributed by atoms with E-state index >= 15 is 0 Å². The first-order valence-corrected chi connectivity index (χ1v) is 4.78. The molecule has 0 bridgehead atoms. The van der Waals surface area contributed by atoms with Crippen molar-refractivity contribution in [1.82, 2.24) is 5.32 Å². The van der Waals surface area contributed by atoms with Crippen molar-refractivity contribution in [2.45, 2.75) is 19.4 Å². The summed E-state index contributed by atoms with van der Waals surface area (Å²) in [6.07, 6.45) is 1.48. The molecular weight excluding hydrogens is 162 g/mol. The molecule has 13 heavy (non-hydrogen) atoms. The van der Waals surface area contributed by atoms with Gasteiger partial charge in [-0.1, -0.05) is 17.7 Å². The molecule has 1 atom stereocenters. The first-order chi connectivity index (χ1) is 6.34. The molecule has 1 aliphatic rings. The van der Waals surface area contributed by atoms with Gasteiger partial charge in [0.2, 0.25) is 0 Å². The molecule has 1 saturated heterocycles. The quantitative estimate of drug-likeness (QED) is 0.743. The van der Waals surface area contributed by atoms with E-state index in [2.05, 4.69) is 24.4 Å². The predicted octanol–water partition coefficient (Wildman–Crippen LogP) is 1.74. The highest BCUT2D eigenvalue weighted by atomic mass is 16.5. The standard InChI is InChI=1S/C11H15NO/c1-9-2-4-10(5-3-9)13-11-6-7-12-8-11/h2-5,11-12H,6-8H2,1H3/t11-/m0/s1. The lowest BCUT2D eigenvalue weighted by Crippen LogP contribution is -2.19. The van der Waals surface area contributed by atoms with E-state index in [4.69, 9.17) is 4.74 Å². The zero-order valence-electron chi connectivity index (χ0n) is 7.92. The van der Waals surface area contributed by atoms with E-state index in [-0.39, 0.29) is 0 Å². The average molecular weight is 177 g/mol. The Morgan fingerprint density at radius 1 is 1.31 bits per heavy atom. The summed E-state index contributed by atoms with van der Waals surface area (Å²) in [5.74, 6) is 0.985. The lowest BCUT2D eigenvalue weighted by atomic mass is 10.2. The van der Waals surface area contributed by atoms with E-state index in [1.165, 1.54) is 5.56 Å². The largest absolute Gasteiger partial charge is 0.489 e. The zero-order valence-corrected chi connectivity index (χ0v) is 7.92. The highest BCUT2D eigenvalue weighted by Gasteiger charge is 2.15. The lowest BCUT2D eigenvalue weighted by molar-refractivity contribution is 0.223. The van der Waals surface area contributed by atoms with Crippen LogP contribution in [0.1, 0.15) is 12.0 Å². The number of aryl methyl sites for hydroxylation is 1. The molecule has 2 nitrogen and oxygen atoms in total. The molecule has 70 valence electrons. The third-order valence-corrected chi connectivity index (χ3v) is 2.34. The maximum Gasteiger partial charge on any atom is 0.119 e. The van der Waals surface area contributed by atoms with Gasteiger partial charge in [-0.3, -0.25) is 0 Å². The molecule has 0 aliphatic carbocycles. The maximum atomic E-state index is 5.77. The van der Waals surface area contributed by atoms with Crippen LogP contribution in [-0.4, -0.2) is 19.2 Å². The molecule has 0 unspecified atom stereocenters. The van der Waals surface area contributed by atoms with E-state index in [1.54, 1.807) is 0 Å².